The molecule has 0 aliphatic rings. The molecule has 1 N–H and O–H groups in total. The summed E-state index contributed by atoms with van der Waals surface area (Å²) in [4.78, 5) is 8.26. The molecule has 23 heavy (non-hydrogen) atoms. The van der Waals surface area contributed by atoms with Crippen LogP contribution in [0.2, 0.25) is 0 Å². The molecule has 0 aliphatic carbocycles. The molecule has 0 saturated carbocycles. The zero-order valence-corrected chi connectivity index (χ0v) is 13.5. The van der Waals surface area contributed by atoms with Crippen LogP contribution in [0.25, 0.3) is 33.1 Å². The molecule has 4 rings (SSSR count). The Kier molecular flexibility index (Phi) is 3.08. The minimum absolute atomic E-state index is 0.856. The smallest absolute Gasteiger partial charge is 0.118 e. The minimum atomic E-state index is 0.856. The lowest BCUT2D eigenvalue weighted by atomic mass is 10.1. The first kappa shape index (κ1) is 13.8. The fraction of sp³-hybridized carbons (Fsp3) is 0.150. The number of pyridine rings is 1. The molecule has 0 aliphatic heterocycles. The van der Waals surface area contributed by atoms with Gasteiger partial charge in [-0.3, -0.25) is 4.98 Å². The van der Waals surface area contributed by atoms with E-state index < -0.39 is 0 Å². The molecule has 0 bridgehead atoms. The van der Waals surface area contributed by atoms with Gasteiger partial charge in [0.05, 0.1) is 24.0 Å². The van der Waals surface area contributed by atoms with E-state index in [9.17, 15) is 0 Å². The number of benzene rings is 2. The Labute approximate surface area is 134 Å². The number of methoxy groups -OCH3 is 1. The van der Waals surface area contributed by atoms with Gasteiger partial charge in [-0.05, 0) is 56.3 Å². The highest BCUT2D eigenvalue weighted by molar-refractivity contribution is 6.09. The van der Waals surface area contributed by atoms with Crippen LogP contribution in [-0.4, -0.2) is 17.1 Å². The lowest BCUT2D eigenvalue weighted by molar-refractivity contribution is 0.415. The number of aryl methyl sites for hydroxylation is 2. The van der Waals surface area contributed by atoms with E-state index in [2.05, 4.69) is 43.1 Å². The average Bonchev–Trinajstić information content (AvgIpc) is 2.93. The van der Waals surface area contributed by atoms with Crippen molar-refractivity contribution in [2.24, 2.45) is 0 Å². The van der Waals surface area contributed by atoms with Crippen LogP contribution in [0.3, 0.4) is 0 Å². The van der Waals surface area contributed by atoms with E-state index in [1.165, 1.54) is 16.3 Å². The third-order valence-corrected chi connectivity index (χ3v) is 4.31. The molecular weight excluding hydrogens is 284 g/mol. The second kappa shape index (κ2) is 5.13. The number of hydrogen-bond donors (Lipinski definition) is 1. The molecule has 0 spiro atoms. The van der Waals surface area contributed by atoms with Crippen LogP contribution in [0.15, 0.2) is 48.5 Å². The van der Waals surface area contributed by atoms with Crippen molar-refractivity contribution in [3.8, 4) is 17.0 Å². The maximum atomic E-state index is 5.23. The minimum Gasteiger partial charge on any atom is -0.497 e. The van der Waals surface area contributed by atoms with Gasteiger partial charge in [-0.1, -0.05) is 11.6 Å². The van der Waals surface area contributed by atoms with Gasteiger partial charge in [-0.2, -0.15) is 0 Å². The number of nitrogens with one attached hydrogen (secondary N) is 1. The summed E-state index contributed by atoms with van der Waals surface area (Å²) < 4.78 is 5.23. The van der Waals surface area contributed by atoms with E-state index in [1.807, 2.05) is 24.3 Å². The number of aromatic nitrogens is 2. The largest absolute Gasteiger partial charge is 0.497 e. The summed E-state index contributed by atoms with van der Waals surface area (Å²) in [7, 11) is 1.68. The molecule has 0 atom stereocenters. The van der Waals surface area contributed by atoms with Crippen molar-refractivity contribution in [3.05, 3.63) is 59.8 Å². The first-order valence-corrected chi connectivity index (χ1v) is 7.70. The number of nitrogens with zero attached hydrogens (tertiary/aromatic N) is 1. The summed E-state index contributed by atoms with van der Waals surface area (Å²) in [5, 5.41) is 2.47. The quantitative estimate of drug-likeness (QED) is 0.565. The predicted molar refractivity (Wildman–Crippen MR) is 95.1 cm³/mol. The SMILES string of the molecule is COc1ccc(-c2cc3c([nH]c4ccc(C)cc43)c(C)n2)cc1. The summed E-state index contributed by atoms with van der Waals surface area (Å²) in [6.07, 6.45) is 0. The molecule has 0 radical (unpaired) electrons. The van der Waals surface area contributed by atoms with Crippen LogP contribution in [0.1, 0.15) is 11.3 Å². The van der Waals surface area contributed by atoms with Gasteiger partial charge < -0.3 is 9.72 Å². The van der Waals surface area contributed by atoms with Crippen molar-refractivity contribution in [2.45, 2.75) is 13.8 Å². The number of ether oxygens (including phenoxy) is 1. The topological polar surface area (TPSA) is 37.9 Å². The Morgan fingerprint density at radius 2 is 1.70 bits per heavy atom. The lowest BCUT2D eigenvalue weighted by Gasteiger charge is -2.05. The summed E-state index contributed by atoms with van der Waals surface area (Å²) >= 11 is 0. The van der Waals surface area contributed by atoms with E-state index in [-0.39, 0.29) is 0 Å². The highest BCUT2D eigenvalue weighted by Crippen LogP contribution is 2.31. The third kappa shape index (κ3) is 2.25. The Morgan fingerprint density at radius 1 is 0.913 bits per heavy atom. The predicted octanol–water partition coefficient (Wildman–Crippen LogP) is 5.01. The van der Waals surface area contributed by atoms with Crippen LogP contribution < -0.4 is 4.74 Å². The molecule has 3 nitrogen and oxygen atoms in total. The first-order valence-electron chi connectivity index (χ1n) is 7.70. The van der Waals surface area contributed by atoms with Gasteiger partial charge in [0, 0.05) is 21.9 Å². The van der Waals surface area contributed by atoms with Crippen LogP contribution in [-0.2, 0) is 0 Å². The van der Waals surface area contributed by atoms with Gasteiger partial charge in [0.1, 0.15) is 5.75 Å². The zero-order chi connectivity index (χ0) is 16.0. The maximum Gasteiger partial charge on any atom is 0.118 e. The van der Waals surface area contributed by atoms with Crippen molar-refractivity contribution in [3.63, 3.8) is 0 Å². The standard InChI is InChI=1S/C20H18N2O/c1-12-4-9-18-16(10-12)17-11-19(21-13(2)20(17)22-18)14-5-7-15(23-3)8-6-14/h4-11,22H,1-3H3. The Morgan fingerprint density at radius 3 is 2.43 bits per heavy atom. The highest BCUT2D eigenvalue weighted by atomic mass is 16.5. The normalized spacial score (nSPS) is 11.3. The Balaban J connectivity index is 1.97. The molecule has 4 aromatic rings. The van der Waals surface area contributed by atoms with Gasteiger partial charge >= 0.3 is 0 Å². The van der Waals surface area contributed by atoms with E-state index in [4.69, 9.17) is 9.72 Å². The number of hydrogen-bond acceptors (Lipinski definition) is 2. The molecule has 0 amide bonds. The number of fused-ring (bicyclic) bond motifs is 3. The molecule has 0 saturated heterocycles. The monoisotopic (exact) mass is 302 g/mol. The van der Waals surface area contributed by atoms with Crippen molar-refractivity contribution in [2.75, 3.05) is 7.11 Å². The Hall–Kier alpha value is -2.81. The van der Waals surface area contributed by atoms with E-state index in [1.54, 1.807) is 7.11 Å². The second-order valence-electron chi connectivity index (χ2n) is 5.92. The molecule has 0 unspecified atom stereocenters. The second-order valence-corrected chi connectivity index (χ2v) is 5.92. The summed E-state index contributed by atoms with van der Waals surface area (Å²) in [5.41, 5.74) is 6.63. The summed E-state index contributed by atoms with van der Waals surface area (Å²) in [6.45, 7) is 4.17. The van der Waals surface area contributed by atoms with Crippen molar-refractivity contribution in [1.29, 1.82) is 0 Å². The fourth-order valence-corrected chi connectivity index (χ4v) is 3.08. The summed E-state index contributed by atoms with van der Waals surface area (Å²) in [6, 6.07) is 16.7. The first-order chi connectivity index (χ1) is 11.2. The van der Waals surface area contributed by atoms with Crippen molar-refractivity contribution < 1.29 is 4.74 Å². The van der Waals surface area contributed by atoms with Crippen LogP contribution >= 0.6 is 0 Å². The van der Waals surface area contributed by atoms with Gasteiger partial charge in [-0.25, -0.2) is 0 Å². The summed E-state index contributed by atoms with van der Waals surface area (Å²) in [5.74, 6) is 0.856. The fourth-order valence-electron chi connectivity index (χ4n) is 3.08. The maximum absolute atomic E-state index is 5.23. The van der Waals surface area contributed by atoms with Crippen molar-refractivity contribution in [1.82, 2.24) is 9.97 Å². The van der Waals surface area contributed by atoms with Gasteiger partial charge in [0.2, 0.25) is 0 Å². The molecule has 2 heterocycles. The van der Waals surface area contributed by atoms with E-state index >= 15 is 0 Å². The van der Waals surface area contributed by atoms with Crippen LogP contribution in [0.4, 0.5) is 0 Å². The molecule has 2 aromatic carbocycles. The number of rotatable bonds is 2. The molecular formula is C20H18N2O. The molecule has 3 heteroatoms. The average molecular weight is 302 g/mol. The van der Waals surface area contributed by atoms with Gasteiger partial charge in [0.15, 0.2) is 0 Å². The molecule has 114 valence electrons. The van der Waals surface area contributed by atoms with Crippen molar-refractivity contribution >= 4 is 21.8 Å². The van der Waals surface area contributed by atoms with Gasteiger partial charge in [-0.15, -0.1) is 0 Å². The lowest BCUT2D eigenvalue weighted by Crippen LogP contribution is -1.89. The van der Waals surface area contributed by atoms with Crippen LogP contribution in [0.5, 0.6) is 5.75 Å². The number of aromatic amines is 1. The molecule has 2 aromatic heterocycles. The van der Waals surface area contributed by atoms with E-state index in [0.717, 1.165) is 33.7 Å². The Bertz CT molecular complexity index is 1010. The third-order valence-electron chi connectivity index (χ3n) is 4.31. The zero-order valence-electron chi connectivity index (χ0n) is 13.5. The number of H-pyrrole nitrogens is 1. The van der Waals surface area contributed by atoms with E-state index in [0.29, 0.717) is 0 Å². The highest BCUT2D eigenvalue weighted by Gasteiger charge is 2.10. The van der Waals surface area contributed by atoms with Crippen LogP contribution in [0, 0.1) is 13.8 Å². The van der Waals surface area contributed by atoms with Gasteiger partial charge in [0.25, 0.3) is 0 Å². The molecule has 0 fully saturated rings.